The number of aryl methyl sites for hydroxylation is 1. The van der Waals surface area contributed by atoms with E-state index >= 15 is 0 Å². The molecule has 0 atom stereocenters. The molecule has 4 aromatic rings. The fraction of sp³-hybridized carbons (Fsp3) is 0.208. The summed E-state index contributed by atoms with van der Waals surface area (Å²) in [5.41, 5.74) is 3.02. The van der Waals surface area contributed by atoms with Gasteiger partial charge in [0.1, 0.15) is 11.3 Å². The van der Waals surface area contributed by atoms with Crippen LogP contribution in [0.15, 0.2) is 54.7 Å². The average Bonchev–Trinajstić information content (AvgIpc) is 3.28. The number of rotatable bonds is 7. The molecule has 0 saturated heterocycles. The summed E-state index contributed by atoms with van der Waals surface area (Å²) >= 11 is 1.45. The second-order valence-corrected chi connectivity index (χ2v) is 8.02. The zero-order valence-corrected chi connectivity index (χ0v) is 19.1. The van der Waals surface area contributed by atoms with E-state index in [1.54, 1.807) is 50.6 Å². The van der Waals surface area contributed by atoms with E-state index in [2.05, 4.69) is 4.98 Å². The smallest absolute Gasteiger partial charge is 0.260 e. The highest BCUT2D eigenvalue weighted by atomic mass is 32.1. The Morgan fingerprint density at radius 3 is 2.41 bits per heavy atom. The van der Waals surface area contributed by atoms with Crippen molar-refractivity contribution in [1.82, 2.24) is 9.97 Å². The Morgan fingerprint density at radius 2 is 1.72 bits per heavy atom. The fourth-order valence-corrected chi connectivity index (χ4v) is 4.43. The van der Waals surface area contributed by atoms with Crippen molar-refractivity contribution in [2.24, 2.45) is 0 Å². The zero-order valence-electron chi connectivity index (χ0n) is 18.3. The second-order valence-electron chi connectivity index (χ2n) is 7.04. The van der Waals surface area contributed by atoms with Crippen molar-refractivity contribution >= 4 is 32.6 Å². The van der Waals surface area contributed by atoms with E-state index in [9.17, 15) is 4.79 Å². The standard InChI is InChI=1S/C24H23N3O4S/c1-15-8-10-19(30-3)21-22(15)32-24(26-21)27(14-17-7-5-6-12-25-17)23(28)16-9-11-18(29-2)20(13-16)31-4/h5-13H,14H2,1-4H3. The third-order valence-corrected chi connectivity index (χ3v) is 6.28. The molecule has 2 heterocycles. The normalized spacial score (nSPS) is 10.8. The summed E-state index contributed by atoms with van der Waals surface area (Å²) in [6, 6.07) is 14.6. The van der Waals surface area contributed by atoms with Crippen LogP contribution in [-0.4, -0.2) is 37.2 Å². The van der Waals surface area contributed by atoms with E-state index in [0.717, 1.165) is 21.5 Å². The van der Waals surface area contributed by atoms with Crippen molar-refractivity contribution in [3.05, 3.63) is 71.5 Å². The maximum atomic E-state index is 13.7. The maximum absolute atomic E-state index is 13.7. The van der Waals surface area contributed by atoms with Gasteiger partial charge in [-0.15, -0.1) is 0 Å². The van der Waals surface area contributed by atoms with Gasteiger partial charge in [0.15, 0.2) is 16.6 Å². The van der Waals surface area contributed by atoms with Crippen LogP contribution in [0, 0.1) is 6.92 Å². The van der Waals surface area contributed by atoms with E-state index in [1.807, 2.05) is 37.3 Å². The molecule has 0 fully saturated rings. The molecule has 2 aromatic heterocycles. The Bertz CT molecular complexity index is 1260. The van der Waals surface area contributed by atoms with E-state index in [4.69, 9.17) is 19.2 Å². The minimum absolute atomic E-state index is 0.215. The number of methoxy groups -OCH3 is 3. The number of anilines is 1. The molecule has 7 nitrogen and oxygen atoms in total. The summed E-state index contributed by atoms with van der Waals surface area (Å²) in [6.07, 6.45) is 1.71. The SMILES string of the molecule is COc1ccc(C(=O)N(Cc2ccccn2)c2nc3c(OC)ccc(C)c3s2)cc1OC. The molecule has 0 aliphatic carbocycles. The van der Waals surface area contributed by atoms with Crippen LogP contribution in [0.4, 0.5) is 5.13 Å². The summed E-state index contributed by atoms with van der Waals surface area (Å²) in [5.74, 6) is 1.50. The van der Waals surface area contributed by atoms with Crippen LogP contribution in [0.2, 0.25) is 0 Å². The number of amides is 1. The number of pyridine rings is 1. The first-order chi connectivity index (χ1) is 15.5. The molecule has 0 unspecified atom stereocenters. The molecule has 0 aliphatic heterocycles. The molecular formula is C24H23N3O4S. The summed E-state index contributed by atoms with van der Waals surface area (Å²) in [5, 5.41) is 0.568. The molecule has 8 heteroatoms. The molecule has 1 amide bonds. The van der Waals surface area contributed by atoms with Crippen molar-refractivity contribution in [2.45, 2.75) is 13.5 Å². The number of nitrogens with zero attached hydrogens (tertiary/aromatic N) is 3. The van der Waals surface area contributed by atoms with E-state index in [1.165, 1.54) is 11.3 Å². The number of hydrogen-bond acceptors (Lipinski definition) is 7. The first-order valence-electron chi connectivity index (χ1n) is 9.93. The van der Waals surface area contributed by atoms with E-state index in [0.29, 0.717) is 27.9 Å². The lowest BCUT2D eigenvalue weighted by atomic mass is 10.1. The molecule has 2 aromatic carbocycles. The molecule has 0 N–H and O–H groups in total. The number of fused-ring (bicyclic) bond motifs is 1. The van der Waals surface area contributed by atoms with Crippen LogP contribution in [-0.2, 0) is 6.54 Å². The quantitative estimate of drug-likeness (QED) is 0.401. The molecule has 0 saturated carbocycles. The number of thiazole rings is 1. The molecule has 0 aliphatic rings. The van der Waals surface area contributed by atoms with Crippen LogP contribution >= 0.6 is 11.3 Å². The van der Waals surface area contributed by atoms with Gasteiger partial charge in [-0.05, 0) is 48.9 Å². The van der Waals surface area contributed by atoms with Crippen molar-refractivity contribution in [3.8, 4) is 17.2 Å². The highest BCUT2D eigenvalue weighted by molar-refractivity contribution is 7.22. The summed E-state index contributed by atoms with van der Waals surface area (Å²) in [4.78, 5) is 24.5. The molecular weight excluding hydrogens is 426 g/mol. The van der Waals surface area contributed by atoms with Crippen LogP contribution in [0.5, 0.6) is 17.2 Å². The average molecular weight is 450 g/mol. The third kappa shape index (κ3) is 4.09. The highest BCUT2D eigenvalue weighted by Crippen LogP contribution is 2.37. The number of aromatic nitrogens is 2. The highest BCUT2D eigenvalue weighted by Gasteiger charge is 2.24. The minimum Gasteiger partial charge on any atom is -0.494 e. The van der Waals surface area contributed by atoms with Gasteiger partial charge in [-0.1, -0.05) is 23.5 Å². The number of carbonyl (C=O) groups is 1. The van der Waals surface area contributed by atoms with Gasteiger partial charge in [0.2, 0.25) is 0 Å². The Labute approximate surface area is 190 Å². The van der Waals surface area contributed by atoms with Crippen LogP contribution in [0.25, 0.3) is 10.2 Å². The number of hydrogen-bond donors (Lipinski definition) is 0. The van der Waals surface area contributed by atoms with Gasteiger partial charge < -0.3 is 14.2 Å². The maximum Gasteiger partial charge on any atom is 0.260 e. The van der Waals surface area contributed by atoms with Gasteiger partial charge in [0.25, 0.3) is 5.91 Å². The largest absolute Gasteiger partial charge is 0.494 e. The van der Waals surface area contributed by atoms with E-state index < -0.39 is 0 Å². The number of carbonyl (C=O) groups excluding carboxylic acids is 1. The molecule has 32 heavy (non-hydrogen) atoms. The fourth-order valence-electron chi connectivity index (χ4n) is 3.38. The summed E-state index contributed by atoms with van der Waals surface area (Å²) in [7, 11) is 4.72. The lowest BCUT2D eigenvalue weighted by Gasteiger charge is -2.20. The van der Waals surface area contributed by atoms with Crippen molar-refractivity contribution in [1.29, 1.82) is 0 Å². The van der Waals surface area contributed by atoms with Crippen molar-refractivity contribution < 1.29 is 19.0 Å². The van der Waals surface area contributed by atoms with Gasteiger partial charge in [0, 0.05) is 11.8 Å². The molecule has 4 rings (SSSR count). The summed E-state index contributed by atoms with van der Waals surface area (Å²) < 4.78 is 17.2. The Hall–Kier alpha value is -3.65. The second kappa shape index (κ2) is 9.23. The van der Waals surface area contributed by atoms with Gasteiger partial charge in [0.05, 0.1) is 38.3 Å². The van der Waals surface area contributed by atoms with Gasteiger partial charge >= 0.3 is 0 Å². The Balaban J connectivity index is 1.82. The predicted octanol–water partition coefficient (Wildman–Crippen LogP) is 4.87. The van der Waals surface area contributed by atoms with Gasteiger partial charge in [-0.2, -0.15) is 0 Å². The van der Waals surface area contributed by atoms with Crippen molar-refractivity contribution in [3.63, 3.8) is 0 Å². The first-order valence-corrected chi connectivity index (χ1v) is 10.7. The monoisotopic (exact) mass is 449 g/mol. The topological polar surface area (TPSA) is 73.8 Å². The van der Waals surface area contributed by atoms with E-state index in [-0.39, 0.29) is 12.5 Å². The molecule has 0 radical (unpaired) electrons. The molecule has 0 spiro atoms. The first kappa shape index (κ1) is 21.6. The minimum atomic E-state index is -0.215. The van der Waals surface area contributed by atoms with Crippen LogP contribution in [0.3, 0.4) is 0 Å². The third-order valence-electron chi connectivity index (χ3n) is 5.06. The van der Waals surface area contributed by atoms with Gasteiger partial charge in [-0.3, -0.25) is 14.7 Å². The lowest BCUT2D eigenvalue weighted by molar-refractivity contribution is 0.0984. The zero-order chi connectivity index (χ0) is 22.7. The predicted molar refractivity (Wildman–Crippen MR) is 125 cm³/mol. The molecule has 0 bridgehead atoms. The van der Waals surface area contributed by atoms with Crippen molar-refractivity contribution in [2.75, 3.05) is 26.2 Å². The lowest BCUT2D eigenvalue weighted by Crippen LogP contribution is -2.30. The molecule has 164 valence electrons. The Kier molecular flexibility index (Phi) is 6.23. The number of benzene rings is 2. The van der Waals surface area contributed by atoms with Crippen LogP contribution in [0.1, 0.15) is 21.6 Å². The number of ether oxygens (including phenoxy) is 3. The Morgan fingerprint density at radius 1 is 0.969 bits per heavy atom. The summed E-state index contributed by atoms with van der Waals surface area (Å²) in [6.45, 7) is 2.29. The van der Waals surface area contributed by atoms with Crippen LogP contribution < -0.4 is 19.1 Å². The van der Waals surface area contributed by atoms with Gasteiger partial charge in [-0.25, -0.2) is 4.98 Å².